The zero-order chi connectivity index (χ0) is 10.8. The average molecular weight is 256 g/mol. The summed E-state index contributed by atoms with van der Waals surface area (Å²) in [7, 11) is 0. The number of fused-ring (bicyclic) bond motifs is 1. The molecule has 2 aromatic rings. The number of benzene rings is 1. The summed E-state index contributed by atoms with van der Waals surface area (Å²) in [6.45, 7) is 0.896. The molecule has 1 aromatic heterocycles. The Morgan fingerprint density at radius 1 is 1.29 bits per heavy atom. The van der Waals surface area contributed by atoms with Gasteiger partial charge in [-0.15, -0.1) is 17.5 Å². The van der Waals surface area contributed by atoms with Gasteiger partial charge in [-0.25, -0.2) is 0 Å². The number of aromatic nitrogens is 4. The van der Waals surface area contributed by atoms with E-state index in [-0.39, 0.29) is 19.2 Å². The Hall–Kier alpha value is -2.02. The second-order valence-electron chi connectivity index (χ2n) is 3.28. The minimum absolute atomic E-state index is 0. The van der Waals surface area contributed by atoms with Crippen molar-refractivity contribution in [3.8, 4) is 11.5 Å². The van der Waals surface area contributed by atoms with Gasteiger partial charge < -0.3 is 14.8 Å². The van der Waals surface area contributed by atoms with Crippen LogP contribution in [0.25, 0.3) is 0 Å². The lowest BCUT2D eigenvalue weighted by atomic mass is 10.2. The minimum atomic E-state index is 0. The van der Waals surface area contributed by atoms with Gasteiger partial charge in [0.05, 0.1) is 0 Å². The maximum Gasteiger partial charge on any atom is 0.263 e. The van der Waals surface area contributed by atoms with E-state index in [0.29, 0.717) is 12.5 Å². The van der Waals surface area contributed by atoms with Gasteiger partial charge in [0.25, 0.3) is 5.95 Å². The van der Waals surface area contributed by atoms with Crippen molar-refractivity contribution in [3.05, 3.63) is 23.8 Å². The van der Waals surface area contributed by atoms with Crippen LogP contribution in [0.2, 0.25) is 0 Å². The molecular formula is C9H10ClN5O2. The molecule has 2 N–H and O–H groups in total. The first kappa shape index (κ1) is 11.5. The Kier molecular flexibility index (Phi) is 3.29. The minimum Gasteiger partial charge on any atom is -0.454 e. The Bertz CT molecular complexity index is 490. The van der Waals surface area contributed by atoms with Gasteiger partial charge >= 0.3 is 0 Å². The van der Waals surface area contributed by atoms with E-state index in [9.17, 15) is 0 Å². The van der Waals surface area contributed by atoms with E-state index in [1.807, 2.05) is 18.2 Å². The molecule has 90 valence electrons. The zero-order valence-electron chi connectivity index (χ0n) is 8.71. The molecular weight excluding hydrogens is 246 g/mol. The molecule has 17 heavy (non-hydrogen) atoms. The first-order valence-electron chi connectivity index (χ1n) is 4.78. The van der Waals surface area contributed by atoms with Crippen LogP contribution in [0, 0.1) is 0 Å². The molecule has 3 rings (SSSR count). The molecule has 1 aliphatic rings. The van der Waals surface area contributed by atoms with E-state index in [0.717, 1.165) is 17.1 Å². The molecule has 1 aliphatic heterocycles. The van der Waals surface area contributed by atoms with E-state index >= 15 is 0 Å². The highest BCUT2D eigenvalue weighted by molar-refractivity contribution is 5.85. The monoisotopic (exact) mass is 255 g/mol. The number of rotatable bonds is 3. The summed E-state index contributed by atoms with van der Waals surface area (Å²) < 4.78 is 10.5. The first-order valence-corrected chi connectivity index (χ1v) is 4.78. The molecule has 0 bridgehead atoms. The third-order valence-corrected chi connectivity index (χ3v) is 2.23. The van der Waals surface area contributed by atoms with Crippen LogP contribution in [0.1, 0.15) is 5.56 Å². The van der Waals surface area contributed by atoms with E-state index < -0.39 is 0 Å². The summed E-state index contributed by atoms with van der Waals surface area (Å²) in [5.74, 6) is 2.02. The molecule has 0 unspecified atom stereocenters. The number of halogens is 1. The lowest BCUT2D eigenvalue weighted by molar-refractivity contribution is 0.174. The van der Waals surface area contributed by atoms with Gasteiger partial charge in [-0.1, -0.05) is 11.2 Å². The van der Waals surface area contributed by atoms with E-state index in [1.165, 1.54) is 0 Å². The van der Waals surface area contributed by atoms with Crippen LogP contribution in [-0.2, 0) is 6.54 Å². The van der Waals surface area contributed by atoms with E-state index in [4.69, 9.17) is 9.47 Å². The van der Waals surface area contributed by atoms with Crippen molar-refractivity contribution < 1.29 is 9.47 Å². The molecule has 0 aliphatic carbocycles. The largest absolute Gasteiger partial charge is 0.454 e. The van der Waals surface area contributed by atoms with Crippen molar-refractivity contribution in [1.29, 1.82) is 0 Å². The number of nitrogens with zero attached hydrogens (tertiary/aromatic N) is 3. The highest BCUT2D eigenvalue weighted by atomic mass is 35.5. The van der Waals surface area contributed by atoms with Gasteiger partial charge in [-0.2, -0.15) is 5.21 Å². The highest BCUT2D eigenvalue weighted by Gasteiger charge is 2.12. The SMILES string of the molecule is Cl.c1cc2c(cc1CNc1nn[nH]n1)OCO2. The van der Waals surface area contributed by atoms with Crippen LogP contribution < -0.4 is 14.8 Å². The molecule has 0 spiro atoms. The predicted molar refractivity (Wildman–Crippen MR) is 61.3 cm³/mol. The number of aromatic amines is 1. The quantitative estimate of drug-likeness (QED) is 0.850. The third-order valence-electron chi connectivity index (χ3n) is 2.23. The maximum absolute atomic E-state index is 5.28. The van der Waals surface area contributed by atoms with E-state index in [2.05, 4.69) is 25.9 Å². The van der Waals surface area contributed by atoms with Crippen molar-refractivity contribution in [2.24, 2.45) is 0 Å². The number of hydrogen-bond donors (Lipinski definition) is 2. The van der Waals surface area contributed by atoms with Crippen molar-refractivity contribution in [1.82, 2.24) is 20.6 Å². The first-order chi connectivity index (χ1) is 7.92. The lowest BCUT2D eigenvalue weighted by Crippen LogP contribution is -2.00. The van der Waals surface area contributed by atoms with Gasteiger partial charge in [0, 0.05) is 6.54 Å². The van der Waals surface area contributed by atoms with Crippen LogP contribution in [0.4, 0.5) is 5.95 Å². The summed E-state index contributed by atoms with van der Waals surface area (Å²) in [6.07, 6.45) is 0. The molecule has 0 amide bonds. The number of nitrogens with one attached hydrogen (secondary N) is 2. The number of anilines is 1. The molecule has 2 heterocycles. The van der Waals surface area contributed by atoms with Gasteiger partial charge in [-0.05, 0) is 22.9 Å². The summed E-state index contributed by atoms with van der Waals surface area (Å²) in [6, 6.07) is 5.77. The van der Waals surface area contributed by atoms with Gasteiger partial charge in [0.2, 0.25) is 6.79 Å². The topological polar surface area (TPSA) is 85.0 Å². The van der Waals surface area contributed by atoms with Crippen LogP contribution in [-0.4, -0.2) is 27.4 Å². The number of hydrogen-bond acceptors (Lipinski definition) is 6. The zero-order valence-corrected chi connectivity index (χ0v) is 9.53. The van der Waals surface area contributed by atoms with Crippen molar-refractivity contribution >= 4 is 18.4 Å². The fraction of sp³-hybridized carbons (Fsp3) is 0.222. The van der Waals surface area contributed by atoms with Crippen LogP contribution in [0.3, 0.4) is 0 Å². The summed E-state index contributed by atoms with van der Waals surface area (Å²) in [5.41, 5.74) is 1.06. The molecule has 0 saturated heterocycles. The van der Waals surface area contributed by atoms with E-state index in [1.54, 1.807) is 0 Å². The summed E-state index contributed by atoms with van der Waals surface area (Å²) in [4.78, 5) is 0. The average Bonchev–Trinajstić information content (AvgIpc) is 2.97. The molecule has 7 nitrogen and oxygen atoms in total. The fourth-order valence-electron chi connectivity index (χ4n) is 1.47. The van der Waals surface area contributed by atoms with Gasteiger partial charge in [-0.3, -0.25) is 0 Å². The third kappa shape index (κ3) is 2.39. The summed E-state index contributed by atoms with van der Waals surface area (Å²) in [5, 5.41) is 16.4. The standard InChI is InChI=1S/C9H9N5O2.ClH/c1-2-7-8(16-5-15-7)3-6(1)4-10-9-11-13-14-12-9;/h1-3H,4-5H2,(H2,10,11,12,13,14);1H. The lowest BCUT2D eigenvalue weighted by Gasteiger charge is -2.02. The molecule has 0 saturated carbocycles. The van der Waals surface area contributed by atoms with Gasteiger partial charge in [0.1, 0.15) is 0 Å². The second kappa shape index (κ2) is 4.88. The highest BCUT2D eigenvalue weighted by Crippen LogP contribution is 2.32. The Labute approximate surface area is 103 Å². The molecule has 8 heteroatoms. The van der Waals surface area contributed by atoms with Crippen molar-refractivity contribution in [3.63, 3.8) is 0 Å². The smallest absolute Gasteiger partial charge is 0.263 e. The van der Waals surface area contributed by atoms with Crippen LogP contribution in [0.15, 0.2) is 18.2 Å². The Balaban J connectivity index is 0.00000108. The molecule has 1 aromatic carbocycles. The van der Waals surface area contributed by atoms with Crippen molar-refractivity contribution in [2.75, 3.05) is 12.1 Å². The predicted octanol–water partition coefficient (Wildman–Crippen LogP) is 0.962. The number of tetrazole rings is 1. The molecule has 0 radical (unpaired) electrons. The molecule has 0 atom stereocenters. The fourth-order valence-corrected chi connectivity index (χ4v) is 1.47. The molecule has 0 fully saturated rings. The van der Waals surface area contributed by atoms with Crippen LogP contribution in [0.5, 0.6) is 11.5 Å². The Morgan fingerprint density at radius 3 is 3.00 bits per heavy atom. The van der Waals surface area contributed by atoms with Gasteiger partial charge in [0.15, 0.2) is 11.5 Å². The number of H-pyrrole nitrogens is 1. The summed E-state index contributed by atoms with van der Waals surface area (Å²) >= 11 is 0. The van der Waals surface area contributed by atoms with Crippen molar-refractivity contribution in [2.45, 2.75) is 6.54 Å². The second-order valence-corrected chi connectivity index (χ2v) is 3.28. The normalized spacial score (nSPS) is 12.0. The maximum atomic E-state index is 5.28. The number of ether oxygens (including phenoxy) is 2. The van der Waals surface area contributed by atoms with Crippen LogP contribution >= 0.6 is 12.4 Å². The Morgan fingerprint density at radius 2 is 2.18 bits per heavy atom.